The van der Waals surface area contributed by atoms with Gasteiger partial charge in [-0.2, -0.15) is 13.2 Å². The Morgan fingerprint density at radius 3 is 2.11 bits per heavy atom. The standard InChI is InChI=1S/C19H25N3O6.C2HF3O2/c20-12-15(23)22-10-4-9-19(22,11-13-5-2-1-3-6-13)18(28)21-14(17(26)27)7-8-16(24)25;3-2(4,5)1(6)7/h1-3,5-6,14H,4,7-12,20H2,(H,21,28)(H,24,25)(H,26,27);(H,6,7). The Morgan fingerprint density at radius 1 is 1.09 bits per heavy atom. The van der Waals surface area contributed by atoms with E-state index in [-0.39, 0.29) is 25.3 Å². The Labute approximate surface area is 197 Å². The quantitative estimate of drug-likeness (QED) is 0.320. The summed E-state index contributed by atoms with van der Waals surface area (Å²) in [6, 6.07) is 7.77. The van der Waals surface area contributed by atoms with Crippen molar-refractivity contribution >= 4 is 29.7 Å². The number of likely N-dealkylation sites (tertiary alicyclic amines) is 1. The number of hydrogen-bond acceptors (Lipinski definition) is 6. The number of benzene rings is 1. The van der Waals surface area contributed by atoms with Gasteiger partial charge in [0.2, 0.25) is 11.8 Å². The van der Waals surface area contributed by atoms with Gasteiger partial charge in [0, 0.05) is 19.4 Å². The van der Waals surface area contributed by atoms with Gasteiger partial charge in [-0.15, -0.1) is 0 Å². The second kappa shape index (κ2) is 12.7. The minimum Gasteiger partial charge on any atom is -0.481 e. The summed E-state index contributed by atoms with van der Waals surface area (Å²) in [6.07, 6.45) is -4.56. The molecule has 14 heteroatoms. The number of amides is 2. The van der Waals surface area contributed by atoms with E-state index in [9.17, 15) is 37.5 Å². The number of nitrogens with zero attached hydrogens (tertiary/aromatic N) is 1. The van der Waals surface area contributed by atoms with Crippen LogP contribution in [0.4, 0.5) is 13.2 Å². The third-order valence-corrected chi connectivity index (χ3v) is 5.22. The van der Waals surface area contributed by atoms with Gasteiger partial charge in [-0.1, -0.05) is 30.3 Å². The Kier molecular flexibility index (Phi) is 10.6. The second-order valence-corrected chi connectivity index (χ2v) is 7.65. The SMILES string of the molecule is NCC(=O)N1CCCC1(Cc1ccccc1)C(=O)NC(CCC(=O)O)C(=O)O.O=C(O)C(F)(F)F. The highest BCUT2D eigenvalue weighted by Crippen LogP contribution is 2.33. The number of carboxylic acids is 3. The highest BCUT2D eigenvalue weighted by Gasteiger charge is 2.50. The van der Waals surface area contributed by atoms with Crippen molar-refractivity contribution in [3.8, 4) is 0 Å². The van der Waals surface area contributed by atoms with Crippen LogP contribution >= 0.6 is 0 Å². The van der Waals surface area contributed by atoms with Crippen LogP contribution in [-0.2, 0) is 30.4 Å². The molecule has 6 N–H and O–H groups in total. The molecule has 0 radical (unpaired) electrons. The number of carbonyl (C=O) groups is 5. The molecule has 1 aliphatic rings. The van der Waals surface area contributed by atoms with Crippen LogP contribution in [0.15, 0.2) is 30.3 Å². The minimum absolute atomic E-state index is 0.219. The van der Waals surface area contributed by atoms with Gasteiger partial charge >= 0.3 is 24.1 Å². The zero-order valence-electron chi connectivity index (χ0n) is 18.5. The van der Waals surface area contributed by atoms with E-state index in [1.54, 1.807) is 0 Å². The lowest BCUT2D eigenvalue weighted by Gasteiger charge is -2.38. The molecule has 11 nitrogen and oxygen atoms in total. The zero-order chi connectivity index (χ0) is 26.8. The molecule has 0 spiro atoms. The molecule has 35 heavy (non-hydrogen) atoms. The highest BCUT2D eigenvalue weighted by molar-refractivity contribution is 5.95. The minimum atomic E-state index is -5.08. The van der Waals surface area contributed by atoms with Gasteiger partial charge in [0.15, 0.2) is 0 Å². The first-order valence-corrected chi connectivity index (χ1v) is 10.3. The topological polar surface area (TPSA) is 187 Å². The molecular formula is C21H26F3N3O8. The molecule has 2 unspecified atom stereocenters. The van der Waals surface area contributed by atoms with Crippen molar-refractivity contribution in [2.45, 2.75) is 49.9 Å². The molecule has 2 rings (SSSR count). The van der Waals surface area contributed by atoms with Crippen LogP contribution in [0.2, 0.25) is 0 Å². The normalized spacial score (nSPS) is 18.1. The van der Waals surface area contributed by atoms with E-state index >= 15 is 0 Å². The van der Waals surface area contributed by atoms with Gasteiger partial charge < -0.3 is 31.3 Å². The van der Waals surface area contributed by atoms with Crippen LogP contribution in [0.1, 0.15) is 31.2 Å². The molecule has 1 fully saturated rings. The van der Waals surface area contributed by atoms with E-state index < -0.39 is 48.0 Å². The van der Waals surface area contributed by atoms with Gasteiger partial charge in [0.05, 0.1) is 6.54 Å². The van der Waals surface area contributed by atoms with Crippen LogP contribution in [0.5, 0.6) is 0 Å². The summed E-state index contributed by atoms with van der Waals surface area (Å²) in [5.74, 6) is -6.22. The molecule has 0 bridgehead atoms. The van der Waals surface area contributed by atoms with Crippen molar-refractivity contribution in [1.82, 2.24) is 10.2 Å². The summed E-state index contributed by atoms with van der Waals surface area (Å²) in [6.45, 7) is 0.0916. The fourth-order valence-electron chi connectivity index (χ4n) is 3.60. The maximum absolute atomic E-state index is 13.2. The maximum atomic E-state index is 13.2. The third-order valence-electron chi connectivity index (χ3n) is 5.22. The lowest BCUT2D eigenvalue weighted by Crippen LogP contribution is -2.61. The average molecular weight is 505 g/mol. The second-order valence-electron chi connectivity index (χ2n) is 7.65. The molecule has 2 amide bonds. The van der Waals surface area contributed by atoms with E-state index in [1.165, 1.54) is 4.90 Å². The van der Waals surface area contributed by atoms with Crippen LogP contribution in [0.25, 0.3) is 0 Å². The molecule has 1 heterocycles. The molecule has 1 aromatic rings. The fourth-order valence-corrected chi connectivity index (χ4v) is 3.60. The first kappa shape index (κ1) is 29.4. The molecular weight excluding hydrogens is 479 g/mol. The third kappa shape index (κ3) is 8.55. The van der Waals surface area contributed by atoms with E-state index in [0.717, 1.165) is 5.56 Å². The molecule has 1 aromatic carbocycles. The Morgan fingerprint density at radius 2 is 1.66 bits per heavy atom. The van der Waals surface area contributed by atoms with Crippen LogP contribution in [-0.4, -0.2) is 80.8 Å². The molecule has 1 aliphatic heterocycles. The number of hydrogen-bond donors (Lipinski definition) is 5. The van der Waals surface area contributed by atoms with E-state index in [2.05, 4.69) is 5.32 Å². The first-order valence-electron chi connectivity index (χ1n) is 10.3. The van der Waals surface area contributed by atoms with Crippen LogP contribution in [0, 0.1) is 0 Å². The van der Waals surface area contributed by atoms with Crippen molar-refractivity contribution in [1.29, 1.82) is 0 Å². The molecule has 0 aliphatic carbocycles. The van der Waals surface area contributed by atoms with Crippen LogP contribution in [0.3, 0.4) is 0 Å². The van der Waals surface area contributed by atoms with Gasteiger partial charge in [-0.05, 0) is 24.8 Å². The Balaban J connectivity index is 0.000000762. The fraction of sp³-hybridized carbons (Fsp3) is 0.476. The summed E-state index contributed by atoms with van der Waals surface area (Å²) in [7, 11) is 0. The molecule has 194 valence electrons. The number of carboxylic acid groups (broad SMARTS) is 3. The average Bonchev–Trinajstić information content (AvgIpc) is 3.20. The summed E-state index contributed by atoms with van der Waals surface area (Å²) < 4.78 is 31.7. The summed E-state index contributed by atoms with van der Waals surface area (Å²) in [4.78, 5) is 58.2. The van der Waals surface area contributed by atoms with Gasteiger partial charge in [-0.3, -0.25) is 14.4 Å². The van der Waals surface area contributed by atoms with Crippen molar-refractivity contribution in [2.24, 2.45) is 5.73 Å². The number of rotatable bonds is 9. The lowest BCUT2D eigenvalue weighted by atomic mass is 9.86. The molecule has 2 atom stereocenters. The smallest absolute Gasteiger partial charge is 0.481 e. The van der Waals surface area contributed by atoms with Crippen molar-refractivity contribution in [3.63, 3.8) is 0 Å². The number of halogens is 3. The monoisotopic (exact) mass is 505 g/mol. The van der Waals surface area contributed by atoms with Crippen molar-refractivity contribution in [3.05, 3.63) is 35.9 Å². The highest BCUT2D eigenvalue weighted by atomic mass is 19.4. The van der Waals surface area contributed by atoms with E-state index in [1.807, 2.05) is 30.3 Å². The number of alkyl halides is 3. The summed E-state index contributed by atoms with van der Waals surface area (Å²) in [5, 5.41) is 27.7. The molecule has 0 saturated carbocycles. The summed E-state index contributed by atoms with van der Waals surface area (Å²) >= 11 is 0. The lowest BCUT2D eigenvalue weighted by molar-refractivity contribution is -0.192. The Bertz CT molecular complexity index is 926. The Hall–Kier alpha value is -3.68. The number of aliphatic carboxylic acids is 3. The predicted molar refractivity (Wildman–Crippen MR) is 113 cm³/mol. The largest absolute Gasteiger partial charge is 0.490 e. The van der Waals surface area contributed by atoms with Crippen LogP contribution < -0.4 is 11.1 Å². The van der Waals surface area contributed by atoms with E-state index in [4.69, 9.17) is 20.7 Å². The van der Waals surface area contributed by atoms with Gasteiger partial charge in [0.1, 0.15) is 11.6 Å². The van der Waals surface area contributed by atoms with Gasteiger partial charge in [-0.25, -0.2) is 9.59 Å². The van der Waals surface area contributed by atoms with Crippen molar-refractivity contribution in [2.75, 3.05) is 13.1 Å². The summed E-state index contributed by atoms with van der Waals surface area (Å²) in [5.41, 5.74) is 5.09. The number of nitrogens with one attached hydrogen (secondary N) is 1. The van der Waals surface area contributed by atoms with Crippen molar-refractivity contribution < 1.29 is 52.5 Å². The van der Waals surface area contributed by atoms with Gasteiger partial charge in [0.25, 0.3) is 0 Å². The molecule has 1 saturated heterocycles. The number of carbonyl (C=O) groups excluding carboxylic acids is 2. The number of nitrogens with two attached hydrogens (primary N) is 1. The zero-order valence-corrected chi connectivity index (χ0v) is 18.5. The van der Waals surface area contributed by atoms with E-state index in [0.29, 0.717) is 19.4 Å². The maximum Gasteiger partial charge on any atom is 0.490 e. The molecule has 0 aromatic heterocycles. The predicted octanol–water partition coefficient (Wildman–Crippen LogP) is 0.617. The first-order chi connectivity index (χ1) is 16.2.